The van der Waals surface area contributed by atoms with Crippen LogP contribution in [0.3, 0.4) is 0 Å². The highest BCUT2D eigenvalue weighted by Crippen LogP contribution is 2.05. The molecule has 0 bridgehead atoms. The number of carbonyl (C=O) groups is 1. The van der Waals surface area contributed by atoms with Gasteiger partial charge in [0.05, 0.1) is 6.04 Å². The van der Waals surface area contributed by atoms with Gasteiger partial charge in [-0.25, -0.2) is 0 Å². The molecule has 11 heavy (non-hydrogen) atoms. The standard InChI is InChI=1S/C8H16N2O/c1-5(2)7-4-9-8(11)6(3)10-7/h5-7,10H,4H2,1-3H3,(H,9,11). The minimum Gasteiger partial charge on any atom is -0.353 e. The molecule has 3 heteroatoms. The Bertz CT molecular complexity index is 156. The maximum Gasteiger partial charge on any atom is 0.236 e. The molecule has 0 aliphatic carbocycles. The number of rotatable bonds is 1. The van der Waals surface area contributed by atoms with Crippen molar-refractivity contribution in [3.63, 3.8) is 0 Å². The van der Waals surface area contributed by atoms with Crippen LogP contribution >= 0.6 is 0 Å². The minimum atomic E-state index is -0.0313. The van der Waals surface area contributed by atoms with Gasteiger partial charge in [-0.1, -0.05) is 13.8 Å². The third-order valence-corrected chi connectivity index (χ3v) is 2.16. The molecule has 2 unspecified atom stereocenters. The van der Waals surface area contributed by atoms with Crippen molar-refractivity contribution in [3.05, 3.63) is 0 Å². The third kappa shape index (κ3) is 1.93. The lowest BCUT2D eigenvalue weighted by atomic mass is 10.0. The summed E-state index contributed by atoms with van der Waals surface area (Å²) in [4.78, 5) is 11.0. The van der Waals surface area contributed by atoms with E-state index in [2.05, 4.69) is 24.5 Å². The van der Waals surface area contributed by atoms with Crippen LogP contribution in [0.15, 0.2) is 0 Å². The summed E-state index contributed by atoms with van der Waals surface area (Å²) >= 11 is 0. The number of hydrogen-bond acceptors (Lipinski definition) is 2. The van der Waals surface area contributed by atoms with Crippen LogP contribution in [0.2, 0.25) is 0 Å². The van der Waals surface area contributed by atoms with Crippen LogP contribution in [0.1, 0.15) is 20.8 Å². The Hall–Kier alpha value is -0.570. The van der Waals surface area contributed by atoms with E-state index in [1.165, 1.54) is 0 Å². The van der Waals surface area contributed by atoms with E-state index in [0.29, 0.717) is 12.0 Å². The van der Waals surface area contributed by atoms with E-state index < -0.39 is 0 Å². The van der Waals surface area contributed by atoms with E-state index in [0.717, 1.165) is 6.54 Å². The highest BCUT2D eigenvalue weighted by Gasteiger charge is 2.25. The minimum absolute atomic E-state index is 0.0313. The molecule has 1 aliphatic rings. The Morgan fingerprint density at radius 1 is 1.55 bits per heavy atom. The molecule has 0 aromatic carbocycles. The van der Waals surface area contributed by atoms with Crippen LogP contribution in [0, 0.1) is 5.92 Å². The topological polar surface area (TPSA) is 41.1 Å². The van der Waals surface area contributed by atoms with Gasteiger partial charge in [0.1, 0.15) is 0 Å². The van der Waals surface area contributed by atoms with Crippen LogP contribution < -0.4 is 10.6 Å². The molecule has 0 aromatic rings. The second-order valence-corrected chi connectivity index (χ2v) is 3.48. The summed E-state index contributed by atoms with van der Waals surface area (Å²) in [6.07, 6.45) is 0. The second-order valence-electron chi connectivity index (χ2n) is 3.48. The Morgan fingerprint density at radius 2 is 2.18 bits per heavy atom. The highest BCUT2D eigenvalue weighted by molar-refractivity contribution is 5.82. The average molecular weight is 156 g/mol. The summed E-state index contributed by atoms with van der Waals surface area (Å²) in [7, 11) is 0. The maximum atomic E-state index is 11.0. The Morgan fingerprint density at radius 3 is 2.64 bits per heavy atom. The third-order valence-electron chi connectivity index (χ3n) is 2.16. The van der Waals surface area contributed by atoms with Gasteiger partial charge < -0.3 is 10.6 Å². The van der Waals surface area contributed by atoms with Gasteiger partial charge in [0.2, 0.25) is 5.91 Å². The van der Waals surface area contributed by atoms with Crippen molar-refractivity contribution in [2.24, 2.45) is 5.92 Å². The zero-order chi connectivity index (χ0) is 8.43. The lowest BCUT2D eigenvalue weighted by Crippen LogP contribution is -2.58. The Balaban J connectivity index is 2.46. The van der Waals surface area contributed by atoms with Crippen molar-refractivity contribution in [2.75, 3.05) is 6.54 Å². The molecule has 1 rings (SSSR count). The SMILES string of the molecule is CC1NC(C(C)C)CNC1=O. The van der Waals surface area contributed by atoms with Gasteiger partial charge in [0.15, 0.2) is 0 Å². The van der Waals surface area contributed by atoms with Crippen LogP contribution in [0.4, 0.5) is 0 Å². The fourth-order valence-corrected chi connectivity index (χ4v) is 1.25. The summed E-state index contributed by atoms with van der Waals surface area (Å²) in [5.74, 6) is 0.694. The summed E-state index contributed by atoms with van der Waals surface area (Å²) in [5, 5.41) is 6.12. The molecule has 0 spiro atoms. The van der Waals surface area contributed by atoms with Crippen molar-refractivity contribution in [1.82, 2.24) is 10.6 Å². The number of piperazine rings is 1. The number of amides is 1. The number of carbonyl (C=O) groups excluding carboxylic acids is 1. The number of nitrogens with one attached hydrogen (secondary N) is 2. The first-order chi connectivity index (χ1) is 5.11. The lowest BCUT2D eigenvalue weighted by Gasteiger charge is -2.31. The van der Waals surface area contributed by atoms with Crippen LogP contribution in [0.5, 0.6) is 0 Å². The second kappa shape index (κ2) is 3.22. The molecule has 2 atom stereocenters. The molecule has 1 saturated heterocycles. The van der Waals surface area contributed by atoms with Crippen molar-refractivity contribution >= 4 is 5.91 Å². The average Bonchev–Trinajstić information content (AvgIpc) is 1.94. The van der Waals surface area contributed by atoms with E-state index in [-0.39, 0.29) is 11.9 Å². The van der Waals surface area contributed by atoms with Crippen LogP contribution in [0.25, 0.3) is 0 Å². The quantitative estimate of drug-likeness (QED) is 0.566. The van der Waals surface area contributed by atoms with Gasteiger partial charge in [0, 0.05) is 12.6 Å². The van der Waals surface area contributed by atoms with Crippen LogP contribution in [-0.4, -0.2) is 24.5 Å². The van der Waals surface area contributed by atoms with Gasteiger partial charge in [-0.15, -0.1) is 0 Å². The lowest BCUT2D eigenvalue weighted by molar-refractivity contribution is -0.124. The van der Waals surface area contributed by atoms with Gasteiger partial charge in [-0.3, -0.25) is 4.79 Å². The zero-order valence-corrected chi connectivity index (χ0v) is 7.35. The summed E-state index contributed by atoms with van der Waals surface area (Å²) < 4.78 is 0. The molecule has 0 aromatic heterocycles. The zero-order valence-electron chi connectivity index (χ0n) is 7.35. The van der Waals surface area contributed by atoms with E-state index >= 15 is 0 Å². The van der Waals surface area contributed by atoms with Gasteiger partial charge in [-0.05, 0) is 12.8 Å². The van der Waals surface area contributed by atoms with E-state index in [4.69, 9.17) is 0 Å². The molecular weight excluding hydrogens is 140 g/mol. The maximum absolute atomic E-state index is 11.0. The number of hydrogen-bond donors (Lipinski definition) is 2. The van der Waals surface area contributed by atoms with Crippen molar-refractivity contribution in [1.29, 1.82) is 0 Å². The first-order valence-corrected chi connectivity index (χ1v) is 4.15. The smallest absolute Gasteiger partial charge is 0.236 e. The largest absolute Gasteiger partial charge is 0.353 e. The van der Waals surface area contributed by atoms with E-state index in [9.17, 15) is 4.79 Å². The molecule has 1 heterocycles. The molecule has 2 N–H and O–H groups in total. The first kappa shape index (κ1) is 8.53. The van der Waals surface area contributed by atoms with E-state index in [1.54, 1.807) is 0 Å². The van der Waals surface area contributed by atoms with Crippen LogP contribution in [-0.2, 0) is 4.79 Å². The first-order valence-electron chi connectivity index (χ1n) is 4.15. The molecule has 0 saturated carbocycles. The van der Waals surface area contributed by atoms with Gasteiger partial charge in [-0.2, -0.15) is 0 Å². The molecule has 3 nitrogen and oxygen atoms in total. The van der Waals surface area contributed by atoms with Gasteiger partial charge in [0.25, 0.3) is 0 Å². The molecule has 0 radical (unpaired) electrons. The predicted octanol–water partition coefficient (Wildman–Crippen LogP) is 0.119. The highest BCUT2D eigenvalue weighted by atomic mass is 16.2. The van der Waals surface area contributed by atoms with Gasteiger partial charge >= 0.3 is 0 Å². The fraction of sp³-hybridized carbons (Fsp3) is 0.875. The van der Waals surface area contributed by atoms with Crippen molar-refractivity contribution < 1.29 is 4.79 Å². The molecule has 1 fully saturated rings. The molecular formula is C8H16N2O. The monoisotopic (exact) mass is 156 g/mol. The van der Waals surface area contributed by atoms with E-state index in [1.807, 2.05) is 6.92 Å². The summed E-state index contributed by atoms with van der Waals surface area (Å²) in [6, 6.07) is 0.402. The summed E-state index contributed by atoms with van der Waals surface area (Å²) in [5.41, 5.74) is 0. The fourth-order valence-electron chi connectivity index (χ4n) is 1.25. The predicted molar refractivity (Wildman–Crippen MR) is 44.2 cm³/mol. The summed E-state index contributed by atoms with van der Waals surface area (Å²) in [6.45, 7) is 6.97. The molecule has 1 aliphatic heterocycles. The Labute approximate surface area is 67.5 Å². The van der Waals surface area contributed by atoms with Crippen molar-refractivity contribution in [3.8, 4) is 0 Å². The normalized spacial score (nSPS) is 32.2. The Kier molecular flexibility index (Phi) is 2.49. The molecule has 1 amide bonds. The van der Waals surface area contributed by atoms with Crippen molar-refractivity contribution in [2.45, 2.75) is 32.9 Å². The molecule has 64 valence electrons.